The highest BCUT2D eigenvalue weighted by Crippen LogP contribution is 2.62. The number of aliphatic hydroxyl groups excluding tert-OH is 1. The Morgan fingerprint density at radius 3 is 2.81 bits per heavy atom. The molecule has 6 atom stereocenters. The molecule has 2 heterocycles. The Labute approximate surface area is 185 Å². The zero-order valence-corrected chi connectivity index (χ0v) is 18.9. The second-order valence-electron chi connectivity index (χ2n) is 10.7. The van der Waals surface area contributed by atoms with Crippen LogP contribution in [-0.4, -0.2) is 33.0 Å². The van der Waals surface area contributed by atoms with Gasteiger partial charge in [0.1, 0.15) is 0 Å². The minimum Gasteiger partial charge on any atom is -0.396 e. The Morgan fingerprint density at radius 1 is 1.26 bits per heavy atom. The van der Waals surface area contributed by atoms with Crippen molar-refractivity contribution in [1.29, 1.82) is 0 Å². The Morgan fingerprint density at radius 2 is 2.10 bits per heavy atom. The predicted octanol–water partition coefficient (Wildman–Crippen LogP) is 3.94. The Hall–Kier alpha value is -1.98. The number of rotatable bonds is 4. The summed E-state index contributed by atoms with van der Waals surface area (Å²) in [5.74, 6) is 2.68. The summed E-state index contributed by atoms with van der Waals surface area (Å²) in [5, 5.41) is 15.3. The highest BCUT2D eigenvalue weighted by molar-refractivity contribution is 5.31. The van der Waals surface area contributed by atoms with Crippen LogP contribution < -0.4 is 5.73 Å². The molecule has 3 aliphatic rings. The predicted molar refractivity (Wildman–Crippen MR) is 123 cm³/mol. The molecule has 5 rings (SSSR count). The topological polar surface area (TPSA) is 77.0 Å². The third-order valence-corrected chi connectivity index (χ3v) is 9.44. The summed E-state index contributed by atoms with van der Waals surface area (Å²) < 4.78 is 1.91. The number of aromatic nitrogens is 3. The molecule has 0 spiro atoms. The molecule has 2 fully saturated rings. The second kappa shape index (κ2) is 7.56. The standard InChI is InChI=1S/C26H36N4O/c1-17-7-8-21-20(14-27)22(9-10-25(17,21)2)26(3)13-18-15-30(24-6-4-5-11-28-24)29-23(18)12-19(26)16-31/h4-6,11,15,19-22,31H,1,7-10,12-14,16,27H2,2-3H3/t19-,20+,21+,22+,25-,26+/m1/s1. The number of fused-ring (bicyclic) bond motifs is 2. The second-order valence-corrected chi connectivity index (χ2v) is 10.7. The first kappa shape index (κ1) is 20.9. The van der Waals surface area contributed by atoms with Gasteiger partial charge in [-0.3, -0.25) is 0 Å². The maximum Gasteiger partial charge on any atom is 0.153 e. The highest BCUT2D eigenvalue weighted by Gasteiger charge is 2.56. The lowest BCUT2D eigenvalue weighted by molar-refractivity contribution is -0.0536. The number of pyridine rings is 1. The number of nitrogens with two attached hydrogens (primary N) is 1. The molecule has 5 nitrogen and oxygen atoms in total. The van der Waals surface area contributed by atoms with Gasteiger partial charge in [-0.15, -0.1) is 0 Å². The van der Waals surface area contributed by atoms with E-state index in [0.29, 0.717) is 17.8 Å². The van der Waals surface area contributed by atoms with Gasteiger partial charge in [-0.05, 0) is 97.3 Å². The molecule has 0 radical (unpaired) electrons. The molecule has 0 amide bonds. The average Bonchev–Trinajstić information content (AvgIpc) is 3.33. The molecular formula is C26H36N4O. The summed E-state index contributed by atoms with van der Waals surface area (Å²) >= 11 is 0. The first-order chi connectivity index (χ1) is 14.9. The SMILES string of the molecule is C=C1CC[C@H]2[C@H](CN)[C@@H]([C@@]3(C)Cc4cn(-c5ccccn5)nc4C[C@@H]3CO)CC[C@]12C. The number of hydrogen-bond donors (Lipinski definition) is 2. The Balaban J connectivity index is 1.49. The molecule has 0 aliphatic heterocycles. The zero-order chi connectivity index (χ0) is 21.8. The van der Waals surface area contributed by atoms with Gasteiger partial charge in [0.2, 0.25) is 0 Å². The zero-order valence-electron chi connectivity index (χ0n) is 18.9. The Bertz CT molecular complexity index is 969. The van der Waals surface area contributed by atoms with Crippen LogP contribution in [0.3, 0.4) is 0 Å². The maximum absolute atomic E-state index is 10.5. The van der Waals surface area contributed by atoms with Gasteiger partial charge in [-0.2, -0.15) is 5.10 Å². The van der Waals surface area contributed by atoms with Gasteiger partial charge in [0.05, 0.1) is 5.69 Å². The normalized spacial score (nSPS) is 37.5. The van der Waals surface area contributed by atoms with Crippen molar-refractivity contribution in [1.82, 2.24) is 14.8 Å². The van der Waals surface area contributed by atoms with Crippen LogP contribution in [0.1, 0.15) is 50.8 Å². The van der Waals surface area contributed by atoms with Gasteiger partial charge in [-0.25, -0.2) is 9.67 Å². The van der Waals surface area contributed by atoms with E-state index >= 15 is 0 Å². The fourth-order valence-electron chi connectivity index (χ4n) is 7.44. The molecule has 166 valence electrons. The third-order valence-electron chi connectivity index (χ3n) is 9.44. The minimum atomic E-state index is 0.0228. The number of nitrogens with zero attached hydrogens (tertiary/aromatic N) is 3. The maximum atomic E-state index is 10.5. The van der Waals surface area contributed by atoms with E-state index < -0.39 is 0 Å². The largest absolute Gasteiger partial charge is 0.396 e. The molecule has 2 aromatic rings. The first-order valence-corrected chi connectivity index (χ1v) is 11.9. The summed E-state index contributed by atoms with van der Waals surface area (Å²) in [6.45, 7) is 10.2. The smallest absolute Gasteiger partial charge is 0.153 e. The van der Waals surface area contributed by atoms with E-state index in [1.807, 2.05) is 22.9 Å². The van der Waals surface area contributed by atoms with E-state index in [0.717, 1.165) is 37.3 Å². The number of aliphatic hydroxyl groups is 1. The van der Waals surface area contributed by atoms with E-state index in [1.54, 1.807) is 6.20 Å². The van der Waals surface area contributed by atoms with Crippen LogP contribution in [0.15, 0.2) is 42.7 Å². The van der Waals surface area contributed by atoms with E-state index in [1.165, 1.54) is 30.4 Å². The van der Waals surface area contributed by atoms with Gasteiger partial charge in [0.15, 0.2) is 5.82 Å². The molecule has 0 aromatic carbocycles. The molecule has 3 N–H and O–H groups in total. The fraction of sp³-hybridized carbons (Fsp3) is 0.615. The van der Waals surface area contributed by atoms with Gasteiger partial charge in [0, 0.05) is 19.0 Å². The van der Waals surface area contributed by atoms with Crippen LogP contribution in [0.2, 0.25) is 0 Å². The van der Waals surface area contributed by atoms with Gasteiger partial charge in [0.25, 0.3) is 0 Å². The van der Waals surface area contributed by atoms with Gasteiger partial charge >= 0.3 is 0 Å². The van der Waals surface area contributed by atoms with Crippen molar-refractivity contribution in [2.75, 3.05) is 13.2 Å². The van der Waals surface area contributed by atoms with Crippen LogP contribution in [0.25, 0.3) is 5.82 Å². The molecule has 2 saturated carbocycles. The molecule has 2 aromatic heterocycles. The van der Waals surface area contributed by atoms with Gasteiger partial charge < -0.3 is 10.8 Å². The fourth-order valence-corrected chi connectivity index (χ4v) is 7.44. The van der Waals surface area contributed by atoms with Crippen molar-refractivity contribution in [3.8, 4) is 5.82 Å². The van der Waals surface area contributed by atoms with Crippen LogP contribution in [0.4, 0.5) is 0 Å². The van der Waals surface area contributed by atoms with Crippen LogP contribution in [0.5, 0.6) is 0 Å². The van der Waals surface area contributed by atoms with E-state index in [-0.39, 0.29) is 23.4 Å². The van der Waals surface area contributed by atoms with Crippen molar-refractivity contribution in [2.24, 2.45) is 40.2 Å². The lowest BCUT2D eigenvalue weighted by Crippen LogP contribution is -2.53. The molecule has 5 heteroatoms. The van der Waals surface area contributed by atoms with E-state index in [2.05, 4.69) is 31.6 Å². The third kappa shape index (κ3) is 3.12. The molecule has 31 heavy (non-hydrogen) atoms. The number of hydrogen-bond acceptors (Lipinski definition) is 4. The lowest BCUT2D eigenvalue weighted by atomic mass is 9.49. The molecule has 0 saturated heterocycles. The van der Waals surface area contributed by atoms with Crippen molar-refractivity contribution >= 4 is 0 Å². The van der Waals surface area contributed by atoms with E-state index in [9.17, 15) is 5.11 Å². The Kier molecular flexibility index (Phi) is 5.10. The molecular weight excluding hydrogens is 384 g/mol. The van der Waals surface area contributed by atoms with Crippen molar-refractivity contribution in [3.05, 3.63) is 54.0 Å². The van der Waals surface area contributed by atoms with Crippen molar-refractivity contribution in [2.45, 2.75) is 52.4 Å². The molecule has 0 bridgehead atoms. The van der Waals surface area contributed by atoms with Crippen molar-refractivity contribution < 1.29 is 5.11 Å². The number of allylic oxidation sites excluding steroid dienone is 1. The minimum absolute atomic E-state index is 0.0228. The molecule has 0 unspecified atom stereocenters. The summed E-state index contributed by atoms with van der Waals surface area (Å²) in [6.07, 6.45) is 10.5. The van der Waals surface area contributed by atoms with Crippen LogP contribution in [-0.2, 0) is 12.8 Å². The van der Waals surface area contributed by atoms with Crippen molar-refractivity contribution in [3.63, 3.8) is 0 Å². The van der Waals surface area contributed by atoms with Gasteiger partial charge in [-0.1, -0.05) is 32.1 Å². The van der Waals surface area contributed by atoms with Crippen LogP contribution in [0, 0.1) is 34.5 Å². The average molecular weight is 421 g/mol. The highest BCUT2D eigenvalue weighted by atomic mass is 16.3. The summed E-state index contributed by atoms with van der Waals surface area (Å²) in [6, 6.07) is 5.90. The quantitative estimate of drug-likeness (QED) is 0.735. The van der Waals surface area contributed by atoms with Crippen LogP contribution >= 0.6 is 0 Å². The van der Waals surface area contributed by atoms with E-state index in [4.69, 9.17) is 10.8 Å². The molecule has 3 aliphatic carbocycles. The first-order valence-electron chi connectivity index (χ1n) is 11.9. The lowest BCUT2D eigenvalue weighted by Gasteiger charge is -2.55. The monoisotopic (exact) mass is 420 g/mol. The summed E-state index contributed by atoms with van der Waals surface area (Å²) in [4.78, 5) is 4.46. The summed E-state index contributed by atoms with van der Waals surface area (Å²) in [7, 11) is 0. The summed E-state index contributed by atoms with van der Waals surface area (Å²) in [5.41, 5.74) is 10.6.